The minimum absolute atomic E-state index is 0.0200. The molecule has 0 saturated heterocycles. The Morgan fingerprint density at radius 2 is 1.73 bits per heavy atom. The number of methoxy groups -OCH3 is 1. The van der Waals surface area contributed by atoms with Crippen LogP contribution in [0.5, 0.6) is 0 Å². The van der Waals surface area contributed by atoms with Gasteiger partial charge in [-0.2, -0.15) is 8.42 Å². The molecule has 0 fully saturated rings. The molecule has 2 aromatic heterocycles. The molecule has 7 nitrogen and oxygen atoms in total. The zero-order chi connectivity index (χ0) is 23.6. The van der Waals surface area contributed by atoms with Crippen molar-refractivity contribution in [1.29, 1.82) is 0 Å². The smallest absolute Gasteiger partial charge is 0.357 e. The molecule has 4 aromatic rings. The molecule has 2 heterocycles. The first-order valence-electron chi connectivity index (χ1n) is 10.2. The number of pyridine rings is 1. The van der Waals surface area contributed by atoms with Crippen molar-refractivity contribution in [3.8, 4) is 0 Å². The van der Waals surface area contributed by atoms with Gasteiger partial charge in [0.15, 0.2) is 0 Å². The number of benzene rings is 2. The van der Waals surface area contributed by atoms with Crippen LogP contribution in [-0.4, -0.2) is 20.3 Å². The maximum absolute atomic E-state index is 13.2. The Labute approximate surface area is 191 Å². The number of para-hydroxylation sites is 1. The molecule has 2 aromatic carbocycles. The van der Waals surface area contributed by atoms with Gasteiger partial charge in [-0.1, -0.05) is 35.9 Å². The molecular formula is C25H23NO6S. The highest BCUT2D eigenvalue weighted by Crippen LogP contribution is 2.21. The zero-order valence-electron chi connectivity index (χ0n) is 18.4. The van der Waals surface area contributed by atoms with Crippen molar-refractivity contribution in [1.82, 2.24) is 4.73 Å². The van der Waals surface area contributed by atoms with Crippen LogP contribution in [0.15, 0.2) is 74.8 Å². The summed E-state index contributed by atoms with van der Waals surface area (Å²) in [7, 11) is -2.80. The summed E-state index contributed by atoms with van der Waals surface area (Å²) in [4.78, 5) is 13.1. The SMILES string of the molecule is COCc1c(C)cc(C=Cc2cc3ccccc3o2)n(OS(=O)(=O)c2ccc(C)cc2)c1=O. The Balaban J connectivity index is 1.79. The van der Waals surface area contributed by atoms with Gasteiger partial charge in [-0.3, -0.25) is 9.08 Å². The monoisotopic (exact) mass is 465 g/mol. The zero-order valence-corrected chi connectivity index (χ0v) is 19.3. The number of nitrogens with zero attached hydrogens (tertiary/aromatic N) is 1. The van der Waals surface area contributed by atoms with Gasteiger partial charge in [0.2, 0.25) is 0 Å². The Morgan fingerprint density at radius 1 is 1.00 bits per heavy atom. The molecule has 0 bridgehead atoms. The summed E-state index contributed by atoms with van der Waals surface area (Å²) < 4.78 is 42.8. The molecule has 0 radical (unpaired) electrons. The minimum atomic E-state index is -4.26. The van der Waals surface area contributed by atoms with E-state index in [4.69, 9.17) is 13.4 Å². The van der Waals surface area contributed by atoms with Crippen LogP contribution in [0.4, 0.5) is 0 Å². The van der Waals surface area contributed by atoms with E-state index in [-0.39, 0.29) is 17.2 Å². The van der Waals surface area contributed by atoms with E-state index in [9.17, 15) is 13.2 Å². The number of aromatic nitrogens is 1. The fourth-order valence-corrected chi connectivity index (χ4v) is 4.29. The largest absolute Gasteiger partial charge is 0.457 e. The second-order valence-corrected chi connectivity index (χ2v) is 9.15. The summed E-state index contributed by atoms with van der Waals surface area (Å²) in [5, 5.41) is 0.930. The van der Waals surface area contributed by atoms with Crippen molar-refractivity contribution in [2.75, 3.05) is 7.11 Å². The summed E-state index contributed by atoms with van der Waals surface area (Å²) in [6, 6.07) is 17.3. The summed E-state index contributed by atoms with van der Waals surface area (Å²) >= 11 is 0. The molecule has 0 aliphatic carbocycles. The molecule has 170 valence electrons. The van der Waals surface area contributed by atoms with Crippen molar-refractivity contribution >= 4 is 33.2 Å². The van der Waals surface area contributed by atoms with Gasteiger partial charge in [-0.15, -0.1) is 4.73 Å². The van der Waals surface area contributed by atoms with Gasteiger partial charge in [0.1, 0.15) is 16.2 Å². The highest BCUT2D eigenvalue weighted by atomic mass is 32.2. The van der Waals surface area contributed by atoms with Crippen LogP contribution in [-0.2, 0) is 21.5 Å². The van der Waals surface area contributed by atoms with Crippen molar-refractivity contribution in [2.24, 2.45) is 0 Å². The standard InChI is InChI=1S/C25H23NO6S/c1-17-8-12-22(13-9-17)33(28,29)32-26-20(14-18(2)23(16-30-3)25(26)27)10-11-21-15-19-6-4-5-7-24(19)31-21/h4-15H,16H2,1-3H3. The lowest BCUT2D eigenvalue weighted by molar-refractivity contribution is 0.179. The van der Waals surface area contributed by atoms with E-state index < -0.39 is 15.7 Å². The van der Waals surface area contributed by atoms with Crippen LogP contribution in [0.25, 0.3) is 23.1 Å². The molecule has 33 heavy (non-hydrogen) atoms. The normalized spacial score (nSPS) is 12.0. The van der Waals surface area contributed by atoms with Crippen molar-refractivity contribution < 1.29 is 21.9 Å². The summed E-state index contributed by atoms with van der Waals surface area (Å²) in [6.45, 7) is 3.62. The summed E-state index contributed by atoms with van der Waals surface area (Å²) in [5.74, 6) is 0.551. The summed E-state index contributed by atoms with van der Waals surface area (Å²) in [5.41, 5.74) is 2.21. The molecule has 0 spiro atoms. The van der Waals surface area contributed by atoms with Gasteiger partial charge < -0.3 is 9.15 Å². The number of hydrogen-bond acceptors (Lipinski definition) is 6. The third kappa shape index (κ3) is 4.76. The number of rotatable bonds is 7. The van der Waals surface area contributed by atoms with E-state index in [2.05, 4.69) is 0 Å². The predicted molar refractivity (Wildman–Crippen MR) is 126 cm³/mol. The number of furan rings is 1. The predicted octanol–water partition coefficient (Wildman–Crippen LogP) is 4.35. The first-order valence-corrected chi connectivity index (χ1v) is 11.6. The maximum atomic E-state index is 13.2. The average Bonchev–Trinajstić information content (AvgIpc) is 3.21. The van der Waals surface area contributed by atoms with Gasteiger partial charge >= 0.3 is 10.1 Å². The lowest BCUT2D eigenvalue weighted by Crippen LogP contribution is -2.35. The molecule has 4 rings (SSSR count). The van der Waals surface area contributed by atoms with E-state index >= 15 is 0 Å². The van der Waals surface area contributed by atoms with E-state index in [1.165, 1.54) is 19.2 Å². The molecule has 0 unspecified atom stereocenters. The van der Waals surface area contributed by atoms with E-state index in [0.717, 1.165) is 21.3 Å². The first-order chi connectivity index (χ1) is 15.8. The van der Waals surface area contributed by atoms with Crippen LogP contribution in [0, 0.1) is 13.8 Å². The quantitative estimate of drug-likeness (QED) is 0.403. The lowest BCUT2D eigenvalue weighted by atomic mass is 10.1. The second kappa shape index (κ2) is 9.09. The highest BCUT2D eigenvalue weighted by Gasteiger charge is 2.21. The van der Waals surface area contributed by atoms with Crippen molar-refractivity contribution in [3.05, 3.63) is 99.2 Å². The number of fused-ring (bicyclic) bond motifs is 1. The molecule has 0 aliphatic rings. The number of aryl methyl sites for hydroxylation is 2. The van der Waals surface area contributed by atoms with Gasteiger partial charge in [-0.25, -0.2) is 0 Å². The van der Waals surface area contributed by atoms with E-state index in [1.54, 1.807) is 37.3 Å². The third-order valence-electron chi connectivity index (χ3n) is 5.15. The van der Waals surface area contributed by atoms with Gasteiger partial charge in [0, 0.05) is 18.1 Å². The molecular weight excluding hydrogens is 442 g/mol. The number of hydrogen-bond donors (Lipinski definition) is 0. The Hall–Kier alpha value is -3.62. The second-order valence-electron chi connectivity index (χ2n) is 7.62. The van der Waals surface area contributed by atoms with Gasteiger partial charge in [0.25, 0.3) is 5.56 Å². The minimum Gasteiger partial charge on any atom is -0.457 e. The number of ether oxygens (including phenoxy) is 1. The fourth-order valence-electron chi connectivity index (χ4n) is 3.39. The third-order valence-corrected chi connectivity index (χ3v) is 6.35. The van der Waals surface area contributed by atoms with Crippen LogP contribution in [0.2, 0.25) is 0 Å². The van der Waals surface area contributed by atoms with Crippen LogP contribution in [0.1, 0.15) is 28.1 Å². The Bertz CT molecular complexity index is 1460. The Morgan fingerprint density at radius 3 is 2.42 bits per heavy atom. The molecule has 0 N–H and O–H groups in total. The van der Waals surface area contributed by atoms with Crippen molar-refractivity contribution in [2.45, 2.75) is 25.3 Å². The topological polar surface area (TPSA) is 87.7 Å². The van der Waals surface area contributed by atoms with Gasteiger partial charge in [0.05, 0.1) is 12.3 Å². The van der Waals surface area contributed by atoms with Crippen molar-refractivity contribution in [3.63, 3.8) is 0 Å². The van der Waals surface area contributed by atoms with Crippen LogP contribution in [0.3, 0.4) is 0 Å². The van der Waals surface area contributed by atoms with Gasteiger partial charge in [-0.05, 0) is 61.9 Å². The Kier molecular flexibility index (Phi) is 6.22. The van der Waals surface area contributed by atoms with E-state index in [0.29, 0.717) is 16.9 Å². The fraction of sp³-hybridized carbons (Fsp3) is 0.160. The average molecular weight is 466 g/mol. The van der Waals surface area contributed by atoms with Crippen LogP contribution >= 0.6 is 0 Å². The molecule has 8 heteroatoms. The molecule has 0 atom stereocenters. The maximum Gasteiger partial charge on any atom is 0.357 e. The molecule has 0 amide bonds. The van der Waals surface area contributed by atoms with E-state index in [1.807, 2.05) is 37.3 Å². The summed E-state index contributed by atoms with van der Waals surface area (Å²) in [6.07, 6.45) is 3.23. The first kappa shape index (κ1) is 22.6. The van der Waals surface area contributed by atoms with Crippen LogP contribution < -0.4 is 9.84 Å². The highest BCUT2D eigenvalue weighted by molar-refractivity contribution is 7.87. The molecule has 0 aliphatic heterocycles. The molecule has 0 saturated carbocycles. The lowest BCUT2D eigenvalue weighted by Gasteiger charge is -2.15.